The molecule has 0 bridgehead atoms. The maximum absolute atomic E-state index is 4.49. The molecule has 2 nitrogen and oxygen atoms in total. The molecule has 1 fully saturated rings. The molecule has 0 aromatic carbocycles. The van der Waals surface area contributed by atoms with Crippen molar-refractivity contribution in [3.63, 3.8) is 0 Å². The third-order valence-electron chi connectivity index (χ3n) is 4.79. The van der Waals surface area contributed by atoms with Crippen LogP contribution in [0.3, 0.4) is 0 Å². The zero-order valence-corrected chi connectivity index (χ0v) is 14.3. The molecule has 3 heteroatoms. The molecule has 1 saturated carbocycles. The Labute approximate surface area is 128 Å². The van der Waals surface area contributed by atoms with Gasteiger partial charge in [-0.15, -0.1) is 11.3 Å². The number of aromatic nitrogens is 1. The summed E-state index contributed by atoms with van der Waals surface area (Å²) in [5.74, 6) is 0.884. The van der Waals surface area contributed by atoms with Gasteiger partial charge in [-0.05, 0) is 43.4 Å². The molecule has 2 rings (SSSR count). The Morgan fingerprint density at radius 2 is 2.10 bits per heavy atom. The lowest BCUT2D eigenvalue weighted by atomic mass is 9.76. The Morgan fingerprint density at radius 1 is 1.30 bits per heavy atom. The molecule has 114 valence electrons. The largest absolute Gasteiger partial charge is 0.305 e. The van der Waals surface area contributed by atoms with Crippen molar-refractivity contribution in [2.75, 3.05) is 0 Å². The highest BCUT2D eigenvalue weighted by molar-refractivity contribution is 7.09. The summed E-state index contributed by atoms with van der Waals surface area (Å²) in [7, 11) is 0. The molecule has 1 N–H and O–H groups in total. The average Bonchev–Trinajstić information content (AvgIpc) is 2.80. The number of nitrogens with one attached hydrogen (secondary N) is 1. The number of hydrogen-bond donors (Lipinski definition) is 1. The van der Waals surface area contributed by atoms with Crippen LogP contribution in [0.1, 0.15) is 77.3 Å². The van der Waals surface area contributed by atoms with E-state index >= 15 is 0 Å². The third-order valence-corrected chi connectivity index (χ3v) is 5.68. The Hall–Kier alpha value is -0.410. The molecule has 1 aromatic rings. The van der Waals surface area contributed by atoms with E-state index in [9.17, 15) is 0 Å². The van der Waals surface area contributed by atoms with Gasteiger partial charge in [-0.3, -0.25) is 0 Å². The molecule has 20 heavy (non-hydrogen) atoms. The standard InChI is InChI=1S/C17H30N2S/c1-5-15(16-18-11-12-20-16)19-14-8-6-7-13(9-10-14)17(2,3)4/h11-15,19H,5-10H2,1-4H3. The van der Waals surface area contributed by atoms with Crippen LogP contribution in [0.4, 0.5) is 0 Å². The fraction of sp³-hybridized carbons (Fsp3) is 0.824. The summed E-state index contributed by atoms with van der Waals surface area (Å²) in [6.07, 6.45) is 9.84. The van der Waals surface area contributed by atoms with Crippen LogP contribution in [0.2, 0.25) is 0 Å². The van der Waals surface area contributed by atoms with Crippen molar-refractivity contribution in [3.8, 4) is 0 Å². The monoisotopic (exact) mass is 294 g/mol. The van der Waals surface area contributed by atoms with E-state index in [1.807, 2.05) is 6.20 Å². The Bertz CT molecular complexity index is 380. The minimum atomic E-state index is 0.450. The molecule has 3 atom stereocenters. The van der Waals surface area contributed by atoms with E-state index in [0.717, 1.165) is 12.3 Å². The molecule has 0 spiro atoms. The predicted octanol–water partition coefficient (Wildman–Crippen LogP) is 5.18. The first-order valence-corrected chi connectivity index (χ1v) is 9.04. The van der Waals surface area contributed by atoms with Gasteiger partial charge in [0.15, 0.2) is 0 Å². The summed E-state index contributed by atoms with van der Waals surface area (Å²) in [5, 5.41) is 7.21. The molecule has 1 aromatic heterocycles. The summed E-state index contributed by atoms with van der Waals surface area (Å²) in [5.41, 5.74) is 0.467. The van der Waals surface area contributed by atoms with Crippen molar-refractivity contribution < 1.29 is 0 Å². The van der Waals surface area contributed by atoms with Crippen molar-refractivity contribution in [1.29, 1.82) is 0 Å². The number of hydrogen-bond acceptors (Lipinski definition) is 3. The molecule has 3 unspecified atom stereocenters. The molecular formula is C17H30N2S. The molecule has 1 aliphatic carbocycles. The lowest BCUT2D eigenvalue weighted by molar-refractivity contribution is 0.213. The first-order chi connectivity index (χ1) is 9.50. The van der Waals surface area contributed by atoms with E-state index in [-0.39, 0.29) is 0 Å². The topological polar surface area (TPSA) is 24.9 Å². The number of thiazole rings is 1. The highest BCUT2D eigenvalue weighted by Gasteiger charge is 2.28. The van der Waals surface area contributed by atoms with E-state index in [2.05, 4.69) is 43.4 Å². The van der Waals surface area contributed by atoms with Gasteiger partial charge in [0.1, 0.15) is 5.01 Å². The van der Waals surface area contributed by atoms with Crippen LogP contribution in [-0.4, -0.2) is 11.0 Å². The van der Waals surface area contributed by atoms with Crippen molar-refractivity contribution in [2.24, 2.45) is 11.3 Å². The van der Waals surface area contributed by atoms with Crippen molar-refractivity contribution in [3.05, 3.63) is 16.6 Å². The summed E-state index contributed by atoms with van der Waals surface area (Å²) in [6.45, 7) is 9.45. The van der Waals surface area contributed by atoms with E-state index in [1.54, 1.807) is 11.3 Å². The minimum absolute atomic E-state index is 0.450. The van der Waals surface area contributed by atoms with Crippen LogP contribution in [0.5, 0.6) is 0 Å². The van der Waals surface area contributed by atoms with Gasteiger partial charge in [0.05, 0.1) is 6.04 Å². The smallest absolute Gasteiger partial charge is 0.109 e. The van der Waals surface area contributed by atoms with E-state index < -0.39 is 0 Å². The van der Waals surface area contributed by atoms with Gasteiger partial charge in [0.25, 0.3) is 0 Å². The first-order valence-electron chi connectivity index (χ1n) is 8.16. The quantitative estimate of drug-likeness (QED) is 0.774. The van der Waals surface area contributed by atoms with Crippen LogP contribution in [0.15, 0.2) is 11.6 Å². The van der Waals surface area contributed by atoms with Gasteiger partial charge in [-0.25, -0.2) is 4.98 Å². The number of nitrogens with zero attached hydrogens (tertiary/aromatic N) is 1. The maximum Gasteiger partial charge on any atom is 0.109 e. The highest BCUT2D eigenvalue weighted by atomic mass is 32.1. The normalized spacial score (nSPS) is 26.2. The predicted molar refractivity (Wildman–Crippen MR) is 88.1 cm³/mol. The van der Waals surface area contributed by atoms with Crippen LogP contribution in [0.25, 0.3) is 0 Å². The number of rotatable bonds is 4. The lowest BCUT2D eigenvalue weighted by Crippen LogP contribution is -2.32. The maximum atomic E-state index is 4.49. The zero-order chi connectivity index (χ0) is 14.6. The fourth-order valence-corrected chi connectivity index (χ4v) is 4.17. The average molecular weight is 295 g/mol. The lowest BCUT2D eigenvalue weighted by Gasteiger charge is -2.30. The fourth-order valence-electron chi connectivity index (χ4n) is 3.39. The first kappa shape index (κ1) is 16.0. The highest BCUT2D eigenvalue weighted by Crippen LogP contribution is 2.37. The van der Waals surface area contributed by atoms with E-state index in [0.29, 0.717) is 17.5 Å². The zero-order valence-electron chi connectivity index (χ0n) is 13.5. The van der Waals surface area contributed by atoms with Gasteiger partial charge in [-0.1, -0.05) is 34.1 Å². The molecule has 1 heterocycles. The van der Waals surface area contributed by atoms with Gasteiger partial charge in [-0.2, -0.15) is 0 Å². The Kier molecular flexibility index (Phi) is 5.62. The molecule has 0 amide bonds. The van der Waals surface area contributed by atoms with Crippen LogP contribution >= 0.6 is 11.3 Å². The molecule has 0 radical (unpaired) electrons. The summed E-state index contributed by atoms with van der Waals surface area (Å²) < 4.78 is 0. The summed E-state index contributed by atoms with van der Waals surface area (Å²) in [4.78, 5) is 4.49. The molecule has 1 aliphatic rings. The Balaban J connectivity index is 1.90. The van der Waals surface area contributed by atoms with Crippen molar-refractivity contribution in [1.82, 2.24) is 10.3 Å². The molecule has 0 aliphatic heterocycles. The van der Waals surface area contributed by atoms with E-state index in [1.165, 1.54) is 37.1 Å². The van der Waals surface area contributed by atoms with Gasteiger partial charge in [0, 0.05) is 17.6 Å². The van der Waals surface area contributed by atoms with Gasteiger partial charge >= 0.3 is 0 Å². The molecular weight excluding hydrogens is 264 g/mol. The van der Waals surface area contributed by atoms with Crippen LogP contribution in [-0.2, 0) is 0 Å². The SMILES string of the molecule is CCC(NC1CCCC(C(C)(C)C)CC1)c1nccs1. The second-order valence-corrected chi connectivity index (χ2v) is 8.19. The third kappa shape index (κ3) is 4.29. The summed E-state index contributed by atoms with van der Waals surface area (Å²) >= 11 is 1.78. The van der Waals surface area contributed by atoms with Crippen LogP contribution in [0, 0.1) is 11.3 Å². The van der Waals surface area contributed by atoms with Gasteiger partial charge < -0.3 is 5.32 Å². The van der Waals surface area contributed by atoms with E-state index in [4.69, 9.17) is 0 Å². The second-order valence-electron chi connectivity index (χ2n) is 7.27. The minimum Gasteiger partial charge on any atom is -0.305 e. The van der Waals surface area contributed by atoms with Crippen LogP contribution < -0.4 is 5.32 Å². The molecule has 0 saturated heterocycles. The van der Waals surface area contributed by atoms with Crippen molar-refractivity contribution in [2.45, 2.75) is 78.3 Å². The second kappa shape index (κ2) is 7.04. The Morgan fingerprint density at radius 3 is 2.70 bits per heavy atom. The summed E-state index contributed by atoms with van der Waals surface area (Å²) in [6, 6.07) is 1.13. The van der Waals surface area contributed by atoms with Gasteiger partial charge in [0.2, 0.25) is 0 Å². The van der Waals surface area contributed by atoms with Crippen molar-refractivity contribution >= 4 is 11.3 Å².